The second-order valence-corrected chi connectivity index (χ2v) is 7.25. The molecular formula is C13H19NO3S2. The van der Waals surface area contributed by atoms with Crippen LogP contribution < -0.4 is 4.74 Å². The normalized spacial score (nSPS) is 24.5. The van der Waals surface area contributed by atoms with Crippen LogP contribution in [0.25, 0.3) is 0 Å². The Morgan fingerprint density at radius 2 is 1.89 bits per heavy atom. The van der Waals surface area contributed by atoms with Crippen LogP contribution in [-0.2, 0) is 10.0 Å². The fourth-order valence-electron chi connectivity index (χ4n) is 2.28. The van der Waals surface area contributed by atoms with E-state index in [-0.39, 0.29) is 11.8 Å². The maximum Gasteiger partial charge on any atom is 0.211 e. The zero-order chi connectivity index (χ0) is 13.9. The van der Waals surface area contributed by atoms with E-state index in [2.05, 4.69) is 12.6 Å². The third-order valence-electron chi connectivity index (χ3n) is 3.45. The fourth-order valence-corrected chi connectivity index (χ4v) is 3.62. The van der Waals surface area contributed by atoms with Gasteiger partial charge in [0.2, 0.25) is 10.0 Å². The van der Waals surface area contributed by atoms with Gasteiger partial charge in [-0.2, -0.15) is 12.6 Å². The number of benzene rings is 1. The standard InChI is InChI=1S/C13H19NO3S2/c1-19(15,16)14-7-11(12(8-14)10-18)9-17-13-5-3-2-4-6-13/h2-6,11-12,18H,7-10H2,1H3. The number of para-hydroxylation sites is 1. The minimum absolute atomic E-state index is 0.201. The average Bonchev–Trinajstić information content (AvgIpc) is 2.81. The maximum absolute atomic E-state index is 11.6. The third-order valence-corrected chi connectivity index (χ3v) is 5.16. The number of nitrogens with zero attached hydrogens (tertiary/aromatic N) is 1. The van der Waals surface area contributed by atoms with Crippen molar-refractivity contribution in [1.29, 1.82) is 0 Å². The van der Waals surface area contributed by atoms with E-state index in [1.807, 2.05) is 30.3 Å². The minimum Gasteiger partial charge on any atom is -0.493 e. The van der Waals surface area contributed by atoms with Gasteiger partial charge in [-0.15, -0.1) is 0 Å². The van der Waals surface area contributed by atoms with Gasteiger partial charge in [0.05, 0.1) is 12.9 Å². The highest BCUT2D eigenvalue weighted by Crippen LogP contribution is 2.27. The van der Waals surface area contributed by atoms with Gasteiger partial charge in [-0.25, -0.2) is 12.7 Å². The van der Waals surface area contributed by atoms with Crippen LogP contribution in [0.5, 0.6) is 5.75 Å². The van der Waals surface area contributed by atoms with E-state index in [0.29, 0.717) is 25.4 Å². The van der Waals surface area contributed by atoms with Gasteiger partial charge in [0.15, 0.2) is 0 Å². The molecule has 1 aliphatic heterocycles. The number of rotatable bonds is 5. The van der Waals surface area contributed by atoms with Gasteiger partial charge in [0.25, 0.3) is 0 Å². The van der Waals surface area contributed by atoms with Gasteiger partial charge in [0.1, 0.15) is 5.75 Å². The molecule has 0 N–H and O–H groups in total. The highest BCUT2D eigenvalue weighted by atomic mass is 32.2. The summed E-state index contributed by atoms with van der Waals surface area (Å²) in [4.78, 5) is 0. The van der Waals surface area contributed by atoms with E-state index in [1.54, 1.807) is 0 Å². The molecule has 6 heteroatoms. The molecule has 1 aromatic rings. The maximum atomic E-state index is 11.6. The Bertz CT molecular complexity index is 504. The number of sulfonamides is 1. The summed E-state index contributed by atoms with van der Waals surface area (Å²) in [6, 6.07) is 9.58. The molecule has 0 aliphatic carbocycles. The minimum atomic E-state index is -3.12. The Labute approximate surface area is 120 Å². The van der Waals surface area contributed by atoms with E-state index >= 15 is 0 Å². The third kappa shape index (κ3) is 3.87. The first kappa shape index (κ1) is 14.7. The van der Waals surface area contributed by atoms with Crippen molar-refractivity contribution in [2.75, 3.05) is 31.7 Å². The van der Waals surface area contributed by atoms with Crippen molar-refractivity contribution in [3.63, 3.8) is 0 Å². The van der Waals surface area contributed by atoms with Crippen LogP contribution in [0, 0.1) is 11.8 Å². The molecule has 4 nitrogen and oxygen atoms in total. The predicted molar refractivity (Wildman–Crippen MR) is 79.2 cm³/mol. The molecule has 0 bridgehead atoms. The van der Waals surface area contributed by atoms with Gasteiger partial charge < -0.3 is 4.74 Å². The second kappa shape index (κ2) is 6.15. The first-order valence-electron chi connectivity index (χ1n) is 6.24. The Hall–Kier alpha value is -0.720. The summed E-state index contributed by atoms with van der Waals surface area (Å²) in [5.41, 5.74) is 0. The monoisotopic (exact) mass is 301 g/mol. The van der Waals surface area contributed by atoms with Crippen molar-refractivity contribution in [3.8, 4) is 5.75 Å². The first-order chi connectivity index (χ1) is 9.00. The van der Waals surface area contributed by atoms with Crippen LogP contribution in [0.1, 0.15) is 0 Å². The van der Waals surface area contributed by atoms with Gasteiger partial charge >= 0.3 is 0 Å². The Morgan fingerprint density at radius 1 is 1.26 bits per heavy atom. The molecular weight excluding hydrogens is 282 g/mol. The number of hydrogen-bond acceptors (Lipinski definition) is 4. The molecule has 2 unspecified atom stereocenters. The molecule has 1 heterocycles. The SMILES string of the molecule is CS(=O)(=O)N1CC(CS)C(COc2ccccc2)C1. The largest absolute Gasteiger partial charge is 0.493 e. The van der Waals surface area contributed by atoms with E-state index in [1.165, 1.54) is 10.6 Å². The van der Waals surface area contributed by atoms with Crippen LogP contribution in [0.4, 0.5) is 0 Å². The van der Waals surface area contributed by atoms with Crippen molar-refractivity contribution < 1.29 is 13.2 Å². The Kier molecular flexibility index (Phi) is 4.76. The lowest BCUT2D eigenvalue weighted by molar-refractivity contribution is 0.232. The number of thiol groups is 1. The molecule has 2 atom stereocenters. The highest BCUT2D eigenvalue weighted by molar-refractivity contribution is 7.88. The van der Waals surface area contributed by atoms with Gasteiger partial charge in [-0.05, 0) is 23.8 Å². The quantitative estimate of drug-likeness (QED) is 0.839. The average molecular weight is 301 g/mol. The lowest BCUT2D eigenvalue weighted by Gasteiger charge is -2.16. The fraction of sp³-hybridized carbons (Fsp3) is 0.538. The predicted octanol–water partition coefficient (Wildman–Crippen LogP) is 1.50. The van der Waals surface area contributed by atoms with Crippen LogP contribution in [0.2, 0.25) is 0 Å². The molecule has 0 saturated carbocycles. The summed E-state index contributed by atoms with van der Waals surface area (Å²) in [5, 5.41) is 0. The lowest BCUT2D eigenvalue weighted by atomic mass is 9.99. The summed E-state index contributed by atoms with van der Waals surface area (Å²) in [5.74, 6) is 1.95. The zero-order valence-electron chi connectivity index (χ0n) is 10.9. The van der Waals surface area contributed by atoms with Crippen LogP contribution in [0.15, 0.2) is 30.3 Å². The molecule has 1 aliphatic rings. The molecule has 2 rings (SSSR count). The van der Waals surface area contributed by atoms with Crippen LogP contribution in [0.3, 0.4) is 0 Å². The molecule has 0 amide bonds. The molecule has 1 fully saturated rings. The number of ether oxygens (including phenoxy) is 1. The lowest BCUT2D eigenvalue weighted by Crippen LogP contribution is -2.28. The summed E-state index contributed by atoms with van der Waals surface area (Å²) >= 11 is 4.31. The van der Waals surface area contributed by atoms with Crippen LogP contribution >= 0.6 is 12.6 Å². The van der Waals surface area contributed by atoms with Crippen molar-refractivity contribution in [2.45, 2.75) is 0 Å². The molecule has 1 aromatic carbocycles. The molecule has 106 valence electrons. The van der Waals surface area contributed by atoms with Gasteiger partial charge in [-0.3, -0.25) is 0 Å². The van der Waals surface area contributed by atoms with E-state index in [9.17, 15) is 8.42 Å². The van der Waals surface area contributed by atoms with Gasteiger partial charge in [-0.1, -0.05) is 18.2 Å². The summed E-state index contributed by atoms with van der Waals surface area (Å²) < 4.78 is 30.4. The smallest absolute Gasteiger partial charge is 0.211 e. The van der Waals surface area contributed by atoms with Crippen molar-refractivity contribution >= 4 is 22.7 Å². The molecule has 0 aromatic heterocycles. The van der Waals surface area contributed by atoms with Crippen molar-refractivity contribution in [1.82, 2.24) is 4.31 Å². The summed E-state index contributed by atoms with van der Waals surface area (Å²) in [6.07, 6.45) is 1.25. The molecule has 19 heavy (non-hydrogen) atoms. The Balaban J connectivity index is 1.96. The molecule has 0 radical (unpaired) electrons. The highest BCUT2D eigenvalue weighted by Gasteiger charge is 2.36. The molecule has 1 saturated heterocycles. The Morgan fingerprint density at radius 3 is 2.47 bits per heavy atom. The second-order valence-electron chi connectivity index (χ2n) is 4.91. The van der Waals surface area contributed by atoms with Crippen molar-refractivity contribution in [2.24, 2.45) is 11.8 Å². The van der Waals surface area contributed by atoms with E-state index in [0.717, 1.165) is 5.75 Å². The summed E-state index contributed by atoms with van der Waals surface area (Å²) in [6.45, 7) is 1.60. The zero-order valence-corrected chi connectivity index (χ0v) is 12.6. The van der Waals surface area contributed by atoms with Crippen molar-refractivity contribution in [3.05, 3.63) is 30.3 Å². The number of hydrogen-bond donors (Lipinski definition) is 1. The summed E-state index contributed by atoms with van der Waals surface area (Å²) in [7, 11) is -3.12. The van der Waals surface area contributed by atoms with E-state index in [4.69, 9.17) is 4.74 Å². The first-order valence-corrected chi connectivity index (χ1v) is 8.72. The van der Waals surface area contributed by atoms with Gasteiger partial charge in [0, 0.05) is 19.0 Å². The molecule has 0 spiro atoms. The van der Waals surface area contributed by atoms with E-state index < -0.39 is 10.0 Å². The van der Waals surface area contributed by atoms with Crippen LogP contribution in [-0.4, -0.2) is 44.4 Å². The topological polar surface area (TPSA) is 46.6 Å².